The van der Waals surface area contributed by atoms with Gasteiger partial charge in [-0.2, -0.15) is 0 Å². The molecule has 0 spiro atoms. The van der Waals surface area contributed by atoms with Crippen LogP contribution in [0.5, 0.6) is 11.5 Å². The second-order valence-electron chi connectivity index (χ2n) is 4.89. The molecule has 2 aromatic rings. The average molecular weight is 315 g/mol. The van der Waals surface area contributed by atoms with Crippen LogP contribution in [0.3, 0.4) is 0 Å². The summed E-state index contributed by atoms with van der Waals surface area (Å²) < 4.78 is 24.0. The van der Waals surface area contributed by atoms with Gasteiger partial charge in [0.15, 0.2) is 17.3 Å². The molecule has 0 bridgehead atoms. The van der Waals surface area contributed by atoms with Gasteiger partial charge in [-0.1, -0.05) is 6.07 Å². The third-order valence-corrected chi connectivity index (χ3v) is 3.27. The van der Waals surface area contributed by atoms with E-state index in [2.05, 4.69) is 5.32 Å². The first-order valence-electron chi connectivity index (χ1n) is 7.00. The third-order valence-electron chi connectivity index (χ3n) is 3.27. The summed E-state index contributed by atoms with van der Waals surface area (Å²) in [6.45, 7) is 1.81. The lowest BCUT2D eigenvalue weighted by Gasteiger charge is -2.08. The van der Waals surface area contributed by atoms with E-state index in [1.807, 2.05) is 6.92 Å². The number of benzene rings is 2. The number of methoxy groups -OCH3 is 2. The summed E-state index contributed by atoms with van der Waals surface area (Å²) in [4.78, 5) is 12.1. The molecule has 0 saturated heterocycles. The zero-order chi connectivity index (χ0) is 16.8. The minimum atomic E-state index is -0.367. The Balaban J connectivity index is 2.09. The number of allylic oxidation sites excluding steroid dienone is 1. The fourth-order valence-corrected chi connectivity index (χ4v) is 2.03. The first-order valence-corrected chi connectivity index (χ1v) is 7.00. The van der Waals surface area contributed by atoms with Crippen LogP contribution >= 0.6 is 0 Å². The minimum Gasteiger partial charge on any atom is -0.493 e. The number of anilines is 1. The zero-order valence-corrected chi connectivity index (χ0v) is 13.2. The Morgan fingerprint density at radius 1 is 1.09 bits per heavy atom. The zero-order valence-electron chi connectivity index (χ0n) is 13.2. The lowest BCUT2D eigenvalue weighted by atomic mass is 10.1. The van der Waals surface area contributed by atoms with Gasteiger partial charge in [0.1, 0.15) is 5.82 Å². The van der Waals surface area contributed by atoms with Crippen molar-refractivity contribution < 1.29 is 18.7 Å². The van der Waals surface area contributed by atoms with Gasteiger partial charge < -0.3 is 14.8 Å². The Morgan fingerprint density at radius 3 is 2.48 bits per heavy atom. The Morgan fingerprint density at radius 2 is 1.83 bits per heavy atom. The molecular formula is C18H18FNO3. The fraction of sp³-hybridized carbons (Fsp3) is 0.167. The van der Waals surface area contributed by atoms with Crippen molar-refractivity contribution >= 4 is 11.5 Å². The second kappa shape index (κ2) is 7.45. The van der Waals surface area contributed by atoms with Gasteiger partial charge in [-0.15, -0.1) is 0 Å². The maximum atomic E-state index is 13.7. The van der Waals surface area contributed by atoms with Gasteiger partial charge in [-0.05, 0) is 42.8 Å². The smallest absolute Gasteiger partial charge is 0.187 e. The van der Waals surface area contributed by atoms with E-state index in [9.17, 15) is 9.18 Å². The van der Waals surface area contributed by atoms with Gasteiger partial charge in [-0.3, -0.25) is 4.79 Å². The lowest BCUT2D eigenvalue weighted by molar-refractivity contribution is 0.104. The summed E-state index contributed by atoms with van der Waals surface area (Å²) in [5.41, 5.74) is 1.59. The molecule has 5 heteroatoms. The second-order valence-corrected chi connectivity index (χ2v) is 4.89. The van der Waals surface area contributed by atoms with Crippen molar-refractivity contribution in [1.82, 2.24) is 0 Å². The predicted octanol–water partition coefficient (Wildman–Crippen LogP) is 3.96. The van der Waals surface area contributed by atoms with Crippen molar-refractivity contribution in [3.63, 3.8) is 0 Å². The number of rotatable bonds is 6. The largest absolute Gasteiger partial charge is 0.493 e. The quantitative estimate of drug-likeness (QED) is 0.647. The van der Waals surface area contributed by atoms with Gasteiger partial charge in [0, 0.05) is 17.8 Å². The van der Waals surface area contributed by atoms with Crippen LogP contribution in [0, 0.1) is 12.7 Å². The molecule has 0 atom stereocenters. The van der Waals surface area contributed by atoms with E-state index in [0.29, 0.717) is 22.7 Å². The van der Waals surface area contributed by atoms with Crippen molar-refractivity contribution in [2.45, 2.75) is 6.92 Å². The molecule has 0 aliphatic carbocycles. The van der Waals surface area contributed by atoms with E-state index in [1.54, 1.807) is 30.3 Å². The third kappa shape index (κ3) is 4.10. The number of hydrogen-bond donors (Lipinski definition) is 1. The highest BCUT2D eigenvalue weighted by Crippen LogP contribution is 2.27. The molecular weight excluding hydrogens is 297 g/mol. The van der Waals surface area contributed by atoms with E-state index < -0.39 is 0 Å². The lowest BCUT2D eigenvalue weighted by Crippen LogP contribution is -1.99. The van der Waals surface area contributed by atoms with Crippen molar-refractivity contribution in [1.29, 1.82) is 0 Å². The molecule has 0 saturated carbocycles. The van der Waals surface area contributed by atoms with Crippen molar-refractivity contribution in [3.05, 3.63) is 65.6 Å². The van der Waals surface area contributed by atoms with Gasteiger partial charge in [0.2, 0.25) is 0 Å². The molecule has 2 rings (SSSR count). The number of carbonyl (C=O) groups excluding carboxylic acids is 1. The van der Waals surface area contributed by atoms with E-state index in [1.165, 1.54) is 32.6 Å². The summed E-state index contributed by atoms with van der Waals surface area (Å²) in [5, 5.41) is 2.76. The van der Waals surface area contributed by atoms with E-state index in [4.69, 9.17) is 9.47 Å². The predicted molar refractivity (Wildman–Crippen MR) is 87.8 cm³/mol. The van der Waals surface area contributed by atoms with Crippen LogP contribution in [-0.2, 0) is 0 Å². The van der Waals surface area contributed by atoms with E-state index in [-0.39, 0.29) is 11.6 Å². The Hall–Kier alpha value is -2.82. The van der Waals surface area contributed by atoms with E-state index >= 15 is 0 Å². The molecule has 0 fully saturated rings. The number of ketones is 1. The minimum absolute atomic E-state index is 0.231. The molecule has 0 aliphatic heterocycles. The highest BCUT2D eigenvalue weighted by Gasteiger charge is 2.08. The monoisotopic (exact) mass is 315 g/mol. The van der Waals surface area contributed by atoms with Crippen molar-refractivity contribution in [3.8, 4) is 11.5 Å². The summed E-state index contributed by atoms with van der Waals surface area (Å²) in [6.07, 6.45) is 2.74. The van der Waals surface area contributed by atoms with Crippen LogP contribution in [0.4, 0.5) is 10.1 Å². The van der Waals surface area contributed by atoms with Crippen LogP contribution in [-0.4, -0.2) is 20.0 Å². The van der Waals surface area contributed by atoms with Crippen LogP contribution in [0.1, 0.15) is 15.9 Å². The van der Waals surface area contributed by atoms with Crippen LogP contribution in [0.25, 0.3) is 0 Å². The number of halogens is 1. The fourth-order valence-electron chi connectivity index (χ4n) is 2.03. The summed E-state index contributed by atoms with van der Waals surface area (Å²) in [7, 11) is 3.03. The molecule has 0 unspecified atom stereocenters. The molecule has 0 aliphatic rings. The highest BCUT2D eigenvalue weighted by molar-refractivity contribution is 6.05. The molecule has 0 aromatic heterocycles. The standard InChI is InChI=1S/C18H18FNO3/c1-12-4-6-15(14(19)10-12)20-9-8-16(21)13-5-7-17(22-2)18(11-13)23-3/h4-11,20H,1-3H3/b9-8+. The normalized spacial score (nSPS) is 10.6. The Labute approximate surface area is 134 Å². The first-order chi connectivity index (χ1) is 11.0. The molecule has 0 heterocycles. The van der Waals surface area contributed by atoms with Crippen LogP contribution < -0.4 is 14.8 Å². The van der Waals surface area contributed by atoms with Gasteiger partial charge in [0.05, 0.1) is 19.9 Å². The van der Waals surface area contributed by atoms with E-state index in [0.717, 1.165) is 5.56 Å². The molecule has 23 heavy (non-hydrogen) atoms. The number of nitrogens with one attached hydrogen (secondary N) is 1. The van der Waals surface area contributed by atoms with Crippen molar-refractivity contribution in [2.75, 3.05) is 19.5 Å². The van der Waals surface area contributed by atoms with Gasteiger partial charge >= 0.3 is 0 Å². The first kappa shape index (κ1) is 16.5. The Bertz CT molecular complexity index is 741. The molecule has 120 valence electrons. The van der Waals surface area contributed by atoms with Gasteiger partial charge in [-0.25, -0.2) is 4.39 Å². The Kier molecular flexibility index (Phi) is 5.36. The molecule has 1 N–H and O–H groups in total. The summed E-state index contributed by atoms with van der Waals surface area (Å²) >= 11 is 0. The number of hydrogen-bond acceptors (Lipinski definition) is 4. The van der Waals surface area contributed by atoms with Crippen LogP contribution in [0.15, 0.2) is 48.7 Å². The maximum Gasteiger partial charge on any atom is 0.187 e. The topological polar surface area (TPSA) is 47.6 Å². The maximum absolute atomic E-state index is 13.7. The highest BCUT2D eigenvalue weighted by atomic mass is 19.1. The number of aryl methyl sites for hydroxylation is 1. The number of ether oxygens (including phenoxy) is 2. The van der Waals surface area contributed by atoms with Crippen LogP contribution in [0.2, 0.25) is 0 Å². The molecule has 2 aromatic carbocycles. The molecule has 0 radical (unpaired) electrons. The van der Waals surface area contributed by atoms with Gasteiger partial charge in [0.25, 0.3) is 0 Å². The number of carbonyl (C=O) groups is 1. The molecule has 0 amide bonds. The summed E-state index contributed by atoms with van der Waals surface area (Å²) in [5.74, 6) is 0.427. The average Bonchev–Trinajstić information content (AvgIpc) is 2.56. The molecule has 4 nitrogen and oxygen atoms in total. The summed E-state index contributed by atoms with van der Waals surface area (Å²) in [6, 6.07) is 9.73. The SMILES string of the molecule is COc1ccc(C(=O)/C=C/Nc2ccc(C)cc2F)cc1OC. The van der Waals surface area contributed by atoms with Crippen molar-refractivity contribution in [2.24, 2.45) is 0 Å².